The molecule has 8 heteroatoms. The highest BCUT2D eigenvalue weighted by atomic mass is 16.6. The zero-order valence-corrected chi connectivity index (χ0v) is 20.3. The number of nitrogens with one attached hydrogen (secondary N) is 1. The summed E-state index contributed by atoms with van der Waals surface area (Å²) in [6.07, 6.45) is 3.52. The molecule has 0 bridgehead atoms. The minimum atomic E-state index is -0.928. The van der Waals surface area contributed by atoms with E-state index in [4.69, 9.17) is 15.2 Å². The van der Waals surface area contributed by atoms with Crippen LogP contribution in [-0.2, 0) is 16.1 Å². The summed E-state index contributed by atoms with van der Waals surface area (Å²) in [5.41, 5.74) is 8.08. The molecular weight excluding hydrogens is 446 g/mol. The highest BCUT2D eigenvalue weighted by Crippen LogP contribution is 2.42. The number of ether oxygens (including phenoxy) is 2. The average molecular weight is 480 g/mol. The van der Waals surface area contributed by atoms with Crippen molar-refractivity contribution in [3.05, 3.63) is 98.5 Å². The molecule has 8 nitrogen and oxygen atoms in total. The van der Waals surface area contributed by atoms with Crippen molar-refractivity contribution in [2.45, 2.75) is 52.1 Å². The maximum atomic E-state index is 13.2. The molecule has 1 aliphatic heterocycles. The van der Waals surface area contributed by atoms with Crippen molar-refractivity contribution in [1.29, 1.82) is 0 Å². The first-order valence-electron chi connectivity index (χ1n) is 11.9. The van der Waals surface area contributed by atoms with E-state index in [-0.39, 0.29) is 17.9 Å². The third-order valence-corrected chi connectivity index (χ3v) is 5.94. The highest BCUT2D eigenvalue weighted by Gasteiger charge is 2.42. The zero-order chi connectivity index (χ0) is 25.2. The van der Waals surface area contributed by atoms with Crippen LogP contribution in [0.5, 0.6) is 5.75 Å². The van der Waals surface area contributed by atoms with E-state index >= 15 is 0 Å². The van der Waals surface area contributed by atoms with E-state index in [0.29, 0.717) is 42.3 Å². The Hall–Kier alpha value is -3.65. The third kappa shape index (κ3) is 6.70. The molecule has 1 unspecified atom stereocenters. The number of carbonyl (C=O) groups excluding carboxylic acids is 1. The summed E-state index contributed by atoms with van der Waals surface area (Å²) in [7, 11) is 0. The van der Waals surface area contributed by atoms with Gasteiger partial charge in [0.25, 0.3) is 5.70 Å². The van der Waals surface area contributed by atoms with Gasteiger partial charge in [-0.05, 0) is 44.9 Å². The molecule has 3 rings (SSSR count). The molecule has 0 saturated heterocycles. The molecule has 2 aromatic rings. The minimum Gasteiger partial charge on any atom is -0.489 e. The van der Waals surface area contributed by atoms with E-state index < -0.39 is 16.8 Å². The fourth-order valence-corrected chi connectivity index (χ4v) is 4.23. The Morgan fingerprint density at radius 1 is 1.00 bits per heavy atom. The fraction of sp³-hybridized carbons (Fsp3) is 0.370. The normalized spacial score (nSPS) is 15.6. The van der Waals surface area contributed by atoms with Gasteiger partial charge in [-0.25, -0.2) is 4.79 Å². The second-order valence-electron chi connectivity index (χ2n) is 8.51. The van der Waals surface area contributed by atoms with Crippen molar-refractivity contribution >= 4 is 5.97 Å². The summed E-state index contributed by atoms with van der Waals surface area (Å²) in [6.45, 7) is 4.56. The largest absolute Gasteiger partial charge is 0.489 e. The van der Waals surface area contributed by atoms with Gasteiger partial charge >= 0.3 is 5.97 Å². The molecule has 0 aromatic heterocycles. The molecule has 0 fully saturated rings. The van der Waals surface area contributed by atoms with Crippen LogP contribution in [0.3, 0.4) is 0 Å². The number of rotatable bonds is 12. The molecule has 0 radical (unpaired) electrons. The zero-order valence-electron chi connectivity index (χ0n) is 20.3. The monoisotopic (exact) mass is 479 g/mol. The molecule has 35 heavy (non-hydrogen) atoms. The van der Waals surface area contributed by atoms with Crippen LogP contribution in [0, 0.1) is 10.1 Å². The van der Waals surface area contributed by atoms with E-state index in [2.05, 4.69) is 5.32 Å². The molecule has 2 aromatic carbocycles. The number of para-hydroxylation sites is 1. The number of dihydropyridines is 1. The molecular formula is C27H33N3O5. The van der Waals surface area contributed by atoms with Gasteiger partial charge in [0.2, 0.25) is 0 Å². The molecule has 0 spiro atoms. The van der Waals surface area contributed by atoms with Crippen LogP contribution in [0.15, 0.2) is 77.3 Å². The Labute approximate surface area is 206 Å². The van der Waals surface area contributed by atoms with Gasteiger partial charge in [-0.3, -0.25) is 10.1 Å². The topological polar surface area (TPSA) is 117 Å². The molecule has 1 aliphatic rings. The standard InChI is InChI=1S/C27H33N3O5/c1-19-24(27(31)34-17-11-4-3-10-16-28)25(26(30(32)33)20(2)29-19)22-14-8-9-15-23(22)35-18-21-12-6-5-7-13-21/h5-9,12-15,25,29H,3-4,10-11,16-18,28H2,1-2H3. The van der Waals surface area contributed by atoms with Crippen LogP contribution in [0.1, 0.15) is 56.6 Å². The van der Waals surface area contributed by atoms with Crippen LogP contribution < -0.4 is 15.8 Å². The maximum Gasteiger partial charge on any atom is 0.336 e. The Morgan fingerprint density at radius 3 is 2.40 bits per heavy atom. The Balaban J connectivity index is 1.90. The number of benzene rings is 2. The number of nitrogens with zero attached hydrogens (tertiary/aromatic N) is 1. The predicted octanol–water partition coefficient (Wildman–Crippen LogP) is 4.80. The summed E-state index contributed by atoms with van der Waals surface area (Å²) < 4.78 is 11.7. The molecule has 1 atom stereocenters. The summed E-state index contributed by atoms with van der Waals surface area (Å²) in [6, 6.07) is 16.8. The van der Waals surface area contributed by atoms with Crippen molar-refractivity contribution in [2.24, 2.45) is 5.73 Å². The van der Waals surface area contributed by atoms with Crippen LogP contribution >= 0.6 is 0 Å². The first-order valence-corrected chi connectivity index (χ1v) is 11.9. The van der Waals surface area contributed by atoms with E-state index in [1.54, 1.807) is 32.0 Å². The van der Waals surface area contributed by atoms with Crippen LogP contribution in [0.25, 0.3) is 0 Å². The fourth-order valence-electron chi connectivity index (χ4n) is 4.23. The molecule has 186 valence electrons. The predicted molar refractivity (Wildman–Crippen MR) is 134 cm³/mol. The van der Waals surface area contributed by atoms with Crippen molar-refractivity contribution in [3.63, 3.8) is 0 Å². The summed E-state index contributed by atoms with van der Waals surface area (Å²) in [4.78, 5) is 24.9. The van der Waals surface area contributed by atoms with E-state index in [1.807, 2.05) is 36.4 Å². The third-order valence-electron chi connectivity index (χ3n) is 5.94. The average Bonchev–Trinajstić information content (AvgIpc) is 2.85. The van der Waals surface area contributed by atoms with E-state index in [1.165, 1.54) is 0 Å². The number of allylic oxidation sites excluding steroid dienone is 3. The van der Waals surface area contributed by atoms with Gasteiger partial charge in [0.15, 0.2) is 0 Å². The Bertz CT molecular complexity index is 1100. The van der Waals surface area contributed by atoms with Crippen molar-refractivity contribution < 1.29 is 19.2 Å². The quantitative estimate of drug-likeness (QED) is 0.194. The number of carbonyl (C=O) groups is 1. The minimum absolute atomic E-state index is 0.0961. The summed E-state index contributed by atoms with van der Waals surface area (Å²) in [5.74, 6) is -1.01. The van der Waals surface area contributed by atoms with Crippen LogP contribution in [0.2, 0.25) is 0 Å². The molecule has 1 heterocycles. The van der Waals surface area contributed by atoms with E-state index in [9.17, 15) is 14.9 Å². The summed E-state index contributed by atoms with van der Waals surface area (Å²) in [5, 5.41) is 15.2. The Kier molecular flexibility index (Phi) is 9.43. The highest BCUT2D eigenvalue weighted by molar-refractivity contribution is 5.92. The van der Waals surface area contributed by atoms with Gasteiger partial charge in [0.05, 0.1) is 22.8 Å². The number of nitro groups is 1. The van der Waals surface area contributed by atoms with Gasteiger partial charge in [-0.1, -0.05) is 61.4 Å². The first-order chi connectivity index (χ1) is 16.9. The molecule has 0 aliphatic carbocycles. The van der Waals surface area contributed by atoms with Gasteiger partial charge in [0.1, 0.15) is 18.3 Å². The van der Waals surface area contributed by atoms with E-state index in [0.717, 1.165) is 24.8 Å². The lowest BCUT2D eigenvalue weighted by atomic mass is 9.83. The second-order valence-corrected chi connectivity index (χ2v) is 8.51. The Morgan fingerprint density at radius 2 is 1.69 bits per heavy atom. The van der Waals surface area contributed by atoms with Crippen molar-refractivity contribution in [3.8, 4) is 5.75 Å². The molecule has 3 N–H and O–H groups in total. The molecule has 0 amide bonds. The van der Waals surface area contributed by atoms with Crippen molar-refractivity contribution in [2.75, 3.05) is 13.2 Å². The summed E-state index contributed by atoms with van der Waals surface area (Å²) >= 11 is 0. The lowest BCUT2D eigenvalue weighted by Gasteiger charge is -2.27. The van der Waals surface area contributed by atoms with Gasteiger partial charge in [-0.15, -0.1) is 0 Å². The van der Waals surface area contributed by atoms with Gasteiger partial charge in [-0.2, -0.15) is 0 Å². The lowest BCUT2D eigenvalue weighted by Crippen LogP contribution is -2.32. The number of hydrogen-bond donors (Lipinski definition) is 2. The number of esters is 1. The number of nitrogens with two attached hydrogens (primary N) is 1. The first kappa shape index (κ1) is 26.0. The van der Waals surface area contributed by atoms with Crippen LogP contribution in [0.4, 0.5) is 0 Å². The number of unbranched alkanes of at least 4 members (excludes halogenated alkanes) is 3. The van der Waals surface area contributed by atoms with Gasteiger partial charge < -0.3 is 20.5 Å². The second kappa shape index (κ2) is 12.7. The number of hydrogen-bond acceptors (Lipinski definition) is 7. The lowest BCUT2D eigenvalue weighted by molar-refractivity contribution is -0.431. The maximum absolute atomic E-state index is 13.2. The van der Waals surface area contributed by atoms with Crippen molar-refractivity contribution in [1.82, 2.24) is 5.32 Å². The SMILES string of the molecule is CC1=C(C(=O)OCCCCCCN)C(c2ccccc2OCc2ccccc2)C([N+](=O)[O-])=C(C)N1. The van der Waals surface area contributed by atoms with Crippen LogP contribution in [-0.4, -0.2) is 24.0 Å². The smallest absolute Gasteiger partial charge is 0.336 e. The van der Waals surface area contributed by atoms with Gasteiger partial charge in [0, 0.05) is 11.3 Å². The molecule has 0 saturated carbocycles.